The SMILES string of the molecule is CC(C)C[C@@H](CO)NC(=O)c1cnc2c(C(=O)NCc3ccc(N4CCN(C)CC4)cc3)cccn12. The van der Waals surface area contributed by atoms with Crippen LogP contribution in [0.2, 0.25) is 0 Å². The molecule has 3 N–H and O–H groups in total. The molecular formula is C27H36N6O3. The van der Waals surface area contributed by atoms with Gasteiger partial charge in [0, 0.05) is 44.6 Å². The second-order valence-corrected chi connectivity index (χ2v) is 9.88. The van der Waals surface area contributed by atoms with E-state index in [1.807, 2.05) is 26.0 Å². The number of piperazine rings is 1. The van der Waals surface area contributed by atoms with Gasteiger partial charge in [-0.1, -0.05) is 26.0 Å². The van der Waals surface area contributed by atoms with E-state index in [-0.39, 0.29) is 24.5 Å². The number of aliphatic hydroxyl groups is 1. The third-order valence-corrected chi connectivity index (χ3v) is 6.58. The zero-order valence-electron chi connectivity index (χ0n) is 21.3. The van der Waals surface area contributed by atoms with Crippen LogP contribution in [0, 0.1) is 5.92 Å². The normalized spacial score (nSPS) is 15.3. The molecule has 1 saturated heterocycles. The van der Waals surface area contributed by atoms with Crippen molar-refractivity contribution in [2.75, 3.05) is 44.7 Å². The highest BCUT2D eigenvalue weighted by atomic mass is 16.3. The highest BCUT2D eigenvalue weighted by molar-refractivity contribution is 6.01. The number of anilines is 1. The fraction of sp³-hybridized carbons (Fsp3) is 0.444. The molecule has 0 unspecified atom stereocenters. The quantitative estimate of drug-likeness (QED) is 0.423. The third kappa shape index (κ3) is 6.03. The molecule has 0 radical (unpaired) electrons. The molecule has 2 aromatic heterocycles. The van der Waals surface area contributed by atoms with Crippen LogP contribution in [0.15, 0.2) is 48.8 Å². The molecule has 3 heterocycles. The molecule has 4 rings (SSSR count). The Balaban J connectivity index is 1.40. The monoisotopic (exact) mass is 492 g/mol. The first-order valence-electron chi connectivity index (χ1n) is 12.5. The first-order chi connectivity index (χ1) is 17.4. The van der Waals surface area contributed by atoms with E-state index in [2.05, 4.69) is 44.6 Å². The summed E-state index contributed by atoms with van der Waals surface area (Å²) in [6.07, 6.45) is 3.84. The number of imidazole rings is 1. The Hall–Kier alpha value is -3.43. The van der Waals surface area contributed by atoms with Gasteiger partial charge in [-0.15, -0.1) is 0 Å². The average Bonchev–Trinajstić information content (AvgIpc) is 3.32. The predicted molar refractivity (Wildman–Crippen MR) is 140 cm³/mol. The van der Waals surface area contributed by atoms with Crippen LogP contribution in [-0.4, -0.2) is 77.1 Å². The number of benzene rings is 1. The number of pyridine rings is 1. The Kier molecular flexibility index (Phi) is 8.22. The molecule has 3 aromatic rings. The number of likely N-dealkylation sites (N-methyl/N-ethyl adjacent to an activating group) is 1. The second-order valence-electron chi connectivity index (χ2n) is 9.88. The van der Waals surface area contributed by atoms with Crippen LogP contribution in [0.25, 0.3) is 5.65 Å². The van der Waals surface area contributed by atoms with E-state index in [1.165, 1.54) is 11.9 Å². The summed E-state index contributed by atoms with van der Waals surface area (Å²) in [5.74, 6) is -0.252. The number of carbonyl (C=O) groups excluding carboxylic acids is 2. The molecule has 1 aromatic carbocycles. The smallest absolute Gasteiger partial charge is 0.270 e. The molecule has 0 saturated carbocycles. The fourth-order valence-corrected chi connectivity index (χ4v) is 4.53. The number of rotatable bonds is 9. The minimum Gasteiger partial charge on any atom is -0.394 e. The molecule has 1 atom stereocenters. The number of aliphatic hydroxyl groups excluding tert-OH is 1. The van der Waals surface area contributed by atoms with Gasteiger partial charge in [0.1, 0.15) is 11.3 Å². The molecule has 0 bridgehead atoms. The lowest BCUT2D eigenvalue weighted by molar-refractivity contribution is 0.0900. The second kappa shape index (κ2) is 11.5. The molecule has 1 aliphatic rings. The number of carbonyl (C=O) groups is 2. The van der Waals surface area contributed by atoms with Gasteiger partial charge in [-0.25, -0.2) is 4.98 Å². The third-order valence-electron chi connectivity index (χ3n) is 6.58. The summed E-state index contributed by atoms with van der Waals surface area (Å²) in [6.45, 7) is 8.47. The number of aromatic nitrogens is 2. The Morgan fingerprint density at radius 2 is 1.78 bits per heavy atom. The number of hydrogen-bond acceptors (Lipinski definition) is 6. The zero-order valence-corrected chi connectivity index (χ0v) is 21.3. The van der Waals surface area contributed by atoms with Gasteiger partial charge in [-0.2, -0.15) is 0 Å². The molecule has 0 aliphatic carbocycles. The summed E-state index contributed by atoms with van der Waals surface area (Å²) in [5.41, 5.74) is 3.34. The summed E-state index contributed by atoms with van der Waals surface area (Å²) in [5, 5.41) is 15.4. The molecule has 36 heavy (non-hydrogen) atoms. The maximum atomic E-state index is 13.0. The van der Waals surface area contributed by atoms with Gasteiger partial charge < -0.3 is 25.5 Å². The van der Waals surface area contributed by atoms with Gasteiger partial charge >= 0.3 is 0 Å². The minimum absolute atomic E-state index is 0.134. The molecular weight excluding hydrogens is 456 g/mol. The first-order valence-corrected chi connectivity index (χ1v) is 12.5. The lowest BCUT2D eigenvalue weighted by atomic mass is 10.0. The Morgan fingerprint density at radius 3 is 2.44 bits per heavy atom. The van der Waals surface area contributed by atoms with E-state index in [4.69, 9.17) is 0 Å². The van der Waals surface area contributed by atoms with Gasteiger partial charge in [-0.3, -0.25) is 14.0 Å². The molecule has 2 amide bonds. The Labute approximate surface area is 212 Å². The number of hydrogen-bond donors (Lipinski definition) is 3. The summed E-state index contributed by atoms with van der Waals surface area (Å²) in [7, 11) is 2.14. The van der Waals surface area contributed by atoms with Crippen LogP contribution in [-0.2, 0) is 6.54 Å². The van der Waals surface area contributed by atoms with E-state index in [1.54, 1.807) is 22.7 Å². The van der Waals surface area contributed by atoms with E-state index in [9.17, 15) is 14.7 Å². The minimum atomic E-state index is -0.336. The van der Waals surface area contributed by atoms with E-state index < -0.39 is 0 Å². The summed E-state index contributed by atoms with van der Waals surface area (Å²) < 4.78 is 1.61. The van der Waals surface area contributed by atoms with Crippen molar-refractivity contribution >= 4 is 23.1 Å². The van der Waals surface area contributed by atoms with E-state index >= 15 is 0 Å². The van der Waals surface area contributed by atoms with Gasteiger partial charge in [-0.05, 0) is 49.2 Å². The van der Waals surface area contributed by atoms with Crippen molar-refractivity contribution in [1.29, 1.82) is 0 Å². The van der Waals surface area contributed by atoms with Gasteiger partial charge in [0.25, 0.3) is 11.8 Å². The van der Waals surface area contributed by atoms with Crippen LogP contribution in [0.4, 0.5) is 5.69 Å². The van der Waals surface area contributed by atoms with Gasteiger partial charge in [0.15, 0.2) is 0 Å². The number of nitrogens with one attached hydrogen (secondary N) is 2. The summed E-state index contributed by atoms with van der Waals surface area (Å²) >= 11 is 0. The van der Waals surface area contributed by atoms with Crippen LogP contribution >= 0.6 is 0 Å². The molecule has 1 fully saturated rings. The molecule has 1 aliphatic heterocycles. The fourth-order valence-electron chi connectivity index (χ4n) is 4.53. The van der Waals surface area contributed by atoms with Crippen molar-refractivity contribution in [3.63, 3.8) is 0 Å². The predicted octanol–water partition coefficient (Wildman–Crippen LogP) is 2.15. The number of nitrogens with zero attached hydrogens (tertiary/aromatic N) is 4. The van der Waals surface area contributed by atoms with Crippen molar-refractivity contribution in [3.8, 4) is 0 Å². The van der Waals surface area contributed by atoms with Crippen LogP contribution in [0.3, 0.4) is 0 Å². The largest absolute Gasteiger partial charge is 0.394 e. The maximum Gasteiger partial charge on any atom is 0.270 e. The highest BCUT2D eigenvalue weighted by Gasteiger charge is 2.20. The van der Waals surface area contributed by atoms with Gasteiger partial charge in [0.2, 0.25) is 0 Å². The number of amides is 2. The van der Waals surface area contributed by atoms with Crippen molar-refractivity contribution in [2.24, 2.45) is 5.92 Å². The summed E-state index contributed by atoms with van der Waals surface area (Å²) in [4.78, 5) is 34.9. The Morgan fingerprint density at radius 1 is 1.06 bits per heavy atom. The lowest BCUT2D eigenvalue weighted by Gasteiger charge is -2.34. The van der Waals surface area contributed by atoms with Crippen LogP contribution in [0.1, 0.15) is 46.7 Å². The van der Waals surface area contributed by atoms with Crippen molar-refractivity contribution in [2.45, 2.75) is 32.9 Å². The highest BCUT2D eigenvalue weighted by Crippen LogP contribution is 2.18. The topological polar surface area (TPSA) is 102 Å². The van der Waals surface area contributed by atoms with Gasteiger partial charge in [0.05, 0.1) is 24.4 Å². The van der Waals surface area contributed by atoms with Crippen molar-refractivity contribution in [3.05, 3.63) is 65.6 Å². The molecule has 192 valence electrons. The first kappa shape index (κ1) is 25.7. The average molecular weight is 493 g/mol. The van der Waals surface area contributed by atoms with E-state index in [0.29, 0.717) is 35.8 Å². The van der Waals surface area contributed by atoms with Crippen LogP contribution in [0.5, 0.6) is 0 Å². The molecule has 9 heteroatoms. The maximum absolute atomic E-state index is 13.0. The lowest BCUT2D eigenvalue weighted by Crippen LogP contribution is -2.44. The van der Waals surface area contributed by atoms with E-state index in [0.717, 1.165) is 31.7 Å². The summed E-state index contributed by atoms with van der Waals surface area (Å²) in [6, 6.07) is 11.4. The zero-order chi connectivity index (χ0) is 25.7. The molecule has 9 nitrogen and oxygen atoms in total. The van der Waals surface area contributed by atoms with Crippen molar-refractivity contribution in [1.82, 2.24) is 24.9 Å². The Bertz CT molecular complexity index is 1180. The molecule has 0 spiro atoms. The standard InChI is InChI=1S/C27H36N6O3/c1-19(2)15-21(18-34)30-27(36)24-17-28-25-23(5-4-10-33(24)25)26(35)29-16-20-6-8-22(9-7-20)32-13-11-31(3)12-14-32/h4-10,17,19,21,34H,11-16,18H2,1-3H3,(H,29,35)(H,30,36)/t21-/m0/s1. The van der Waals surface area contributed by atoms with Crippen LogP contribution < -0.4 is 15.5 Å². The van der Waals surface area contributed by atoms with Crippen molar-refractivity contribution < 1.29 is 14.7 Å². The number of fused-ring (bicyclic) bond motifs is 1.